The van der Waals surface area contributed by atoms with Crippen molar-refractivity contribution in [1.29, 1.82) is 0 Å². The Bertz CT molecular complexity index is 764. The maximum atomic E-state index is 13.5. The minimum absolute atomic E-state index is 0.00398. The van der Waals surface area contributed by atoms with E-state index in [1.807, 2.05) is 12.3 Å². The van der Waals surface area contributed by atoms with Gasteiger partial charge in [-0.15, -0.1) is 11.3 Å². The topological polar surface area (TPSA) is 40.7 Å². The Morgan fingerprint density at radius 3 is 2.40 bits per heavy atom. The minimum atomic E-state index is -1.88. The van der Waals surface area contributed by atoms with E-state index in [0.29, 0.717) is 5.69 Å². The van der Waals surface area contributed by atoms with E-state index in [-0.39, 0.29) is 5.95 Å². The SMILES string of the molecule is Cc1cscc1Nc1nc2c(F)c(F)c(F)c(F)c2[nH]1. The zero-order valence-electron chi connectivity index (χ0n) is 10.0. The summed E-state index contributed by atoms with van der Waals surface area (Å²) in [6.45, 7) is 1.84. The molecule has 2 heterocycles. The second-order valence-electron chi connectivity index (χ2n) is 4.16. The molecule has 1 aromatic carbocycles. The van der Waals surface area contributed by atoms with Crippen molar-refractivity contribution in [2.24, 2.45) is 0 Å². The summed E-state index contributed by atoms with van der Waals surface area (Å²) in [5.41, 5.74) is 0.498. The summed E-state index contributed by atoms with van der Waals surface area (Å²) in [4.78, 5) is 6.11. The van der Waals surface area contributed by atoms with Gasteiger partial charge in [0.15, 0.2) is 23.3 Å². The van der Waals surface area contributed by atoms with Crippen molar-refractivity contribution >= 4 is 34.0 Å². The third kappa shape index (κ3) is 1.83. The molecule has 2 aromatic heterocycles. The van der Waals surface area contributed by atoms with Crippen molar-refractivity contribution in [3.05, 3.63) is 39.6 Å². The Morgan fingerprint density at radius 1 is 1.05 bits per heavy atom. The Balaban J connectivity index is 2.14. The normalized spacial score (nSPS) is 11.2. The van der Waals surface area contributed by atoms with Crippen LogP contribution in [-0.4, -0.2) is 9.97 Å². The lowest BCUT2D eigenvalue weighted by Gasteiger charge is -1.99. The number of nitrogens with one attached hydrogen (secondary N) is 2. The summed E-state index contributed by atoms with van der Waals surface area (Å²) in [6.07, 6.45) is 0. The van der Waals surface area contributed by atoms with Gasteiger partial charge in [0.05, 0.1) is 5.69 Å². The molecule has 3 rings (SSSR count). The van der Waals surface area contributed by atoms with Gasteiger partial charge < -0.3 is 10.3 Å². The van der Waals surface area contributed by atoms with Gasteiger partial charge in [-0.3, -0.25) is 0 Å². The number of nitrogens with zero attached hydrogens (tertiary/aromatic N) is 1. The number of H-pyrrole nitrogens is 1. The number of hydrogen-bond acceptors (Lipinski definition) is 3. The van der Waals surface area contributed by atoms with Crippen molar-refractivity contribution in [2.75, 3.05) is 5.32 Å². The predicted molar refractivity (Wildman–Crippen MR) is 68.3 cm³/mol. The molecular weight excluding hydrogens is 294 g/mol. The van der Waals surface area contributed by atoms with Crippen molar-refractivity contribution < 1.29 is 17.6 Å². The standard InChI is InChI=1S/C12H7F4N3S/c1-4-2-20-3-5(4)17-12-18-10-8(15)6(13)7(14)9(16)11(10)19-12/h2-3H,1H3,(H2,17,18,19). The Kier molecular flexibility index (Phi) is 2.89. The molecule has 0 bridgehead atoms. The van der Waals surface area contributed by atoms with Gasteiger partial charge in [-0.1, -0.05) is 0 Å². The molecule has 0 fully saturated rings. The molecule has 0 amide bonds. The zero-order chi connectivity index (χ0) is 14.4. The summed E-state index contributed by atoms with van der Waals surface area (Å²) in [5.74, 6) is -6.76. The highest BCUT2D eigenvalue weighted by atomic mass is 32.1. The fourth-order valence-corrected chi connectivity index (χ4v) is 2.55. The molecule has 0 atom stereocenters. The molecule has 2 N–H and O–H groups in total. The Labute approximate surface area is 114 Å². The molecule has 20 heavy (non-hydrogen) atoms. The van der Waals surface area contributed by atoms with Crippen LogP contribution in [0.2, 0.25) is 0 Å². The molecule has 0 aliphatic rings. The summed E-state index contributed by atoms with van der Waals surface area (Å²) in [5, 5.41) is 6.44. The molecular formula is C12H7F4N3S. The van der Waals surface area contributed by atoms with Crippen LogP contribution in [0, 0.1) is 30.2 Å². The van der Waals surface area contributed by atoms with Crippen LogP contribution in [0.1, 0.15) is 5.56 Å². The molecule has 104 valence electrons. The molecule has 0 spiro atoms. The molecule has 3 nitrogen and oxygen atoms in total. The van der Waals surface area contributed by atoms with E-state index in [0.717, 1.165) is 5.56 Å². The summed E-state index contributed by atoms with van der Waals surface area (Å²) >= 11 is 1.43. The first-order valence-corrected chi connectivity index (χ1v) is 6.44. The van der Waals surface area contributed by atoms with Gasteiger partial charge in [0.25, 0.3) is 0 Å². The first kappa shape index (κ1) is 12.9. The van der Waals surface area contributed by atoms with Gasteiger partial charge in [-0.05, 0) is 17.9 Å². The quantitative estimate of drug-likeness (QED) is 0.422. The summed E-state index contributed by atoms with van der Waals surface area (Å²) in [6, 6.07) is 0. The number of benzene rings is 1. The van der Waals surface area contributed by atoms with Crippen LogP contribution in [0.25, 0.3) is 11.0 Å². The number of aromatic amines is 1. The number of hydrogen-bond donors (Lipinski definition) is 2. The molecule has 0 unspecified atom stereocenters. The number of aryl methyl sites for hydroxylation is 1. The maximum absolute atomic E-state index is 13.5. The van der Waals surface area contributed by atoms with Crippen LogP contribution in [0.4, 0.5) is 29.2 Å². The summed E-state index contributed by atoms with van der Waals surface area (Å²) < 4.78 is 53.3. The van der Waals surface area contributed by atoms with E-state index in [9.17, 15) is 17.6 Å². The first-order chi connectivity index (χ1) is 9.49. The highest BCUT2D eigenvalue weighted by Crippen LogP contribution is 2.28. The van der Waals surface area contributed by atoms with Gasteiger partial charge in [0, 0.05) is 5.38 Å². The van der Waals surface area contributed by atoms with E-state index < -0.39 is 34.3 Å². The average molecular weight is 301 g/mol. The second-order valence-corrected chi connectivity index (χ2v) is 4.90. The van der Waals surface area contributed by atoms with Crippen molar-refractivity contribution in [3.8, 4) is 0 Å². The lowest BCUT2D eigenvalue weighted by molar-refractivity contribution is 0.417. The monoisotopic (exact) mass is 301 g/mol. The summed E-state index contributed by atoms with van der Waals surface area (Å²) in [7, 11) is 0. The number of fused-ring (bicyclic) bond motifs is 1. The predicted octanol–water partition coefficient (Wildman–Crippen LogP) is 4.23. The second kappa shape index (κ2) is 4.48. The van der Waals surface area contributed by atoms with Gasteiger partial charge in [-0.25, -0.2) is 22.5 Å². The molecule has 3 aromatic rings. The lowest BCUT2D eigenvalue weighted by Crippen LogP contribution is -1.97. The van der Waals surface area contributed by atoms with Crippen molar-refractivity contribution in [3.63, 3.8) is 0 Å². The average Bonchev–Trinajstić information content (AvgIpc) is 3.02. The third-order valence-electron chi connectivity index (χ3n) is 2.82. The maximum Gasteiger partial charge on any atom is 0.205 e. The van der Waals surface area contributed by atoms with Gasteiger partial charge in [-0.2, -0.15) is 0 Å². The lowest BCUT2D eigenvalue weighted by atomic mass is 10.2. The largest absolute Gasteiger partial charge is 0.325 e. The van der Waals surface area contributed by atoms with E-state index in [4.69, 9.17) is 0 Å². The number of rotatable bonds is 2. The van der Waals surface area contributed by atoms with Crippen LogP contribution in [0.3, 0.4) is 0 Å². The molecule has 8 heteroatoms. The smallest absolute Gasteiger partial charge is 0.205 e. The van der Waals surface area contributed by atoms with Crippen LogP contribution in [0.5, 0.6) is 0 Å². The fourth-order valence-electron chi connectivity index (χ4n) is 1.77. The molecule has 0 aliphatic heterocycles. The molecule has 0 saturated carbocycles. The zero-order valence-corrected chi connectivity index (χ0v) is 10.8. The van der Waals surface area contributed by atoms with Crippen molar-refractivity contribution in [1.82, 2.24) is 9.97 Å². The van der Waals surface area contributed by atoms with E-state index in [2.05, 4.69) is 15.3 Å². The van der Waals surface area contributed by atoms with Crippen LogP contribution < -0.4 is 5.32 Å². The molecule has 0 radical (unpaired) electrons. The number of thiophene rings is 1. The molecule has 0 saturated heterocycles. The fraction of sp³-hybridized carbons (Fsp3) is 0.0833. The highest BCUT2D eigenvalue weighted by Gasteiger charge is 2.23. The van der Waals surface area contributed by atoms with E-state index in [1.165, 1.54) is 11.3 Å². The first-order valence-electron chi connectivity index (χ1n) is 5.50. The number of aromatic nitrogens is 2. The minimum Gasteiger partial charge on any atom is -0.325 e. The van der Waals surface area contributed by atoms with Gasteiger partial charge >= 0.3 is 0 Å². The number of imidazole rings is 1. The van der Waals surface area contributed by atoms with Crippen LogP contribution in [-0.2, 0) is 0 Å². The van der Waals surface area contributed by atoms with Crippen LogP contribution >= 0.6 is 11.3 Å². The Morgan fingerprint density at radius 2 is 1.75 bits per heavy atom. The van der Waals surface area contributed by atoms with Gasteiger partial charge in [0.2, 0.25) is 5.95 Å². The Hall–Kier alpha value is -2.09. The molecule has 0 aliphatic carbocycles. The van der Waals surface area contributed by atoms with E-state index >= 15 is 0 Å². The number of anilines is 2. The van der Waals surface area contributed by atoms with Crippen LogP contribution in [0.15, 0.2) is 10.8 Å². The van der Waals surface area contributed by atoms with Crippen molar-refractivity contribution in [2.45, 2.75) is 6.92 Å². The van der Waals surface area contributed by atoms with E-state index in [1.54, 1.807) is 5.38 Å². The number of halogens is 4. The van der Waals surface area contributed by atoms with Gasteiger partial charge in [0.1, 0.15) is 11.0 Å². The third-order valence-corrected chi connectivity index (χ3v) is 3.68. The highest BCUT2D eigenvalue weighted by molar-refractivity contribution is 7.08.